The largest absolute Gasteiger partial charge is 0.545 e. The van der Waals surface area contributed by atoms with Crippen LogP contribution < -0.4 is 19.3 Å². The molecule has 0 radical (unpaired) electrons. The van der Waals surface area contributed by atoms with Crippen LogP contribution in [0.3, 0.4) is 0 Å². The highest BCUT2D eigenvalue weighted by atomic mass is 32.2. The SMILES string of the molecule is CCCOc1c(CNS(=O)(=O)c2cc(C(=O)[O-])ccc2F)cccc1OC. The highest BCUT2D eigenvalue weighted by Crippen LogP contribution is 2.31. The van der Waals surface area contributed by atoms with Crippen molar-refractivity contribution in [2.75, 3.05) is 13.7 Å². The first kappa shape index (κ1) is 20.7. The molecular formula is C18H19FNO6S-. The molecule has 0 saturated carbocycles. The first-order chi connectivity index (χ1) is 12.8. The van der Waals surface area contributed by atoms with E-state index < -0.39 is 32.3 Å². The number of carbonyl (C=O) groups excluding carboxylic acids is 1. The molecular weight excluding hydrogens is 377 g/mol. The summed E-state index contributed by atoms with van der Waals surface area (Å²) in [5, 5.41) is 10.9. The van der Waals surface area contributed by atoms with Crippen molar-refractivity contribution in [1.29, 1.82) is 0 Å². The van der Waals surface area contributed by atoms with Gasteiger partial charge in [0.05, 0.1) is 19.7 Å². The molecule has 0 aliphatic heterocycles. The maximum atomic E-state index is 13.9. The molecule has 0 heterocycles. The molecule has 0 amide bonds. The van der Waals surface area contributed by atoms with Crippen LogP contribution in [0.5, 0.6) is 11.5 Å². The van der Waals surface area contributed by atoms with E-state index in [9.17, 15) is 22.7 Å². The van der Waals surface area contributed by atoms with Gasteiger partial charge in [-0.25, -0.2) is 17.5 Å². The Labute approximate surface area is 156 Å². The van der Waals surface area contributed by atoms with Crippen molar-refractivity contribution in [1.82, 2.24) is 4.72 Å². The number of para-hydroxylation sites is 1. The lowest BCUT2D eigenvalue weighted by Crippen LogP contribution is -2.26. The fourth-order valence-corrected chi connectivity index (χ4v) is 3.42. The molecule has 0 aliphatic carbocycles. The Balaban J connectivity index is 2.31. The number of nitrogens with one attached hydrogen (secondary N) is 1. The van der Waals surface area contributed by atoms with E-state index in [0.29, 0.717) is 29.7 Å². The number of halogens is 1. The van der Waals surface area contributed by atoms with E-state index in [1.165, 1.54) is 7.11 Å². The predicted molar refractivity (Wildman–Crippen MR) is 93.5 cm³/mol. The van der Waals surface area contributed by atoms with Crippen molar-refractivity contribution in [2.45, 2.75) is 24.8 Å². The molecule has 0 bridgehead atoms. The molecule has 0 fully saturated rings. The molecule has 2 rings (SSSR count). The number of aromatic carboxylic acids is 1. The Kier molecular flexibility index (Phi) is 6.75. The van der Waals surface area contributed by atoms with Crippen LogP contribution in [-0.4, -0.2) is 28.1 Å². The first-order valence-electron chi connectivity index (χ1n) is 8.09. The Hall–Kier alpha value is -2.65. The minimum absolute atomic E-state index is 0.201. The van der Waals surface area contributed by atoms with Crippen molar-refractivity contribution in [3.63, 3.8) is 0 Å². The summed E-state index contributed by atoms with van der Waals surface area (Å²) in [6.45, 7) is 2.13. The number of carbonyl (C=O) groups is 1. The number of hydrogen-bond donors (Lipinski definition) is 1. The second kappa shape index (κ2) is 8.83. The van der Waals surface area contributed by atoms with Crippen molar-refractivity contribution in [2.24, 2.45) is 0 Å². The summed E-state index contributed by atoms with van der Waals surface area (Å²) in [4.78, 5) is 10.1. The summed E-state index contributed by atoms with van der Waals surface area (Å²) < 4.78 is 51.9. The van der Waals surface area contributed by atoms with Gasteiger partial charge in [-0.3, -0.25) is 0 Å². The van der Waals surface area contributed by atoms with Gasteiger partial charge in [0, 0.05) is 12.1 Å². The predicted octanol–water partition coefficient (Wildman–Crippen LogP) is 1.47. The van der Waals surface area contributed by atoms with Crippen LogP contribution in [-0.2, 0) is 16.6 Å². The summed E-state index contributed by atoms with van der Waals surface area (Å²) in [6.07, 6.45) is 0.741. The second-order valence-electron chi connectivity index (χ2n) is 5.55. The van der Waals surface area contributed by atoms with Gasteiger partial charge in [0.1, 0.15) is 10.7 Å². The molecule has 0 aromatic heterocycles. The molecule has 2 aromatic rings. The zero-order valence-corrected chi connectivity index (χ0v) is 15.6. The standard InChI is InChI=1S/C18H20FNO6S/c1-3-9-26-17-13(5-4-6-15(17)25-2)11-20-27(23,24)16-10-12(18(21)22)7-8-14(16)19/h4-8,10,20H,3,9,11H2,1-2H3,(H,21,22)/p-1. The highest BCUT2D eigenvalue weighted by molar-refractivity contribution is 7.89. The lowest BCUT2D eigenvalue weighted by Gasteiger charge is -2.15. The first-order valence-corrected chi connectivity index (χ1v) is 9.57. The number of methoxy groups -OCH3 is 1. The third-order valence-corrected chi connectivity index (χ3v) is 5.06. The zero-order chi connectivity index (χ0) is 20.0. The van der Waals surface area contributed by atoms with Crippen molar-refractivity contribution in [3.8, 4) is 11.5 Å². The van der Waals surface area contributed by atoms with Gasteiger partial charge in [0.25, 0.3) is 0 Å². The van der Waals surface area contributed by atoms with Gasteiger partial charge < -0.3 is 19.4 Å². The molecule has 0 spiro atoms. The van der Waals surface area contributed by atoms with Crippen molar-refractivity contribution >= 4 is 16.0 Å². The maximum Gasteiger partial charge on any atom is 0.243 e. The number of hydrogen-bond acceptors (Lipinski definition) is 6. The van der Waals surface area contributed by atoms with Crippen LogP contribution in [0.15, 0.2) is 41.3 Å². The third-order valence-electron chi connectivity index (χ3n) is 3.64. The fraction of sp³-hybridized carbons (Fsp3) is 0.278. The van der Waals surface area contributed by atoms with Gasteiger partial charge in [0.2, 0.25) is 10.0 Å². The van der Waals surface area contributed by atoms with Crippen LogP contribution >= 0.6 is 0 Å². The van der Waals surface area contributed by atoms with E-state index in [4.69, 9.17) is 9.47 Å². The molecule has 0 unspecified atom stereocenters. The number of benzene rings is 2. The van der Waals surface area contributed by atoms with Crippen molar-refractivity contribution in [3.05, 3.63) is 53.3 Å². The summed E-state index contributed by atoms with van der Waals surface area (Å²) >= 11 is 0. The second-order valence-corrected chi connectivity index (χ2v) is 7.29. The fourth-order valence-electron chi connectivity index (χ4n) is 2.32. The Morgan fingerprint density at radius 2 is 2.00 bits per heavy atom. The van der Waals surface area contributed by atoms with Crippen LogP contribution in [0, 0.1) is 5.82 Å². The number of rotatable bonds is 9. The van der Waals surface area contributed by atoms with Crippen LogP contribution in [0.4, 0.5) is 4.39 Å². The Bertz CT molecular complexity index is 929. The monoisotopic (exact) mass is 396 g/mol. The van der Waals surface area contributed by atoms with E-state index in [0.717, 1.165) is 18.6 Å². The topological polar surface area (TPSA) is 105 Å². The minimum Gasteiger partial charge on any atom is -0.545 e. The molecule has 146 valence electrons. The maximum absolute atomic E-state index is 13.9. The quantitative estimate of drug-likeness (QED) is 0.688. The molecule has 7 nitrogen and oxygen atoms in total. The van der Waals surface area contributed by atoms with E-state index in [-0.39, 0.29) is 6.54 Å². The number of ether oxygens (including phenoxy) is 2. The van der Waals surface area contributed by atoms with Crippen LogP contribution in [0.25, 0.3) is 0 Å². The summed E-state index contributed by atoms with van der Waals surface area (Å²) in [6, 6.07) is 7.39. The number of sulfonamides is 1. The summed E-state index contributed by atoms with van der Waals surface area (Å²) in [7, 11) is -2.85. The third kappa shape index (κ3) is 4.95. The van der Waals surface area contributed by atoms with Crippen LogP contribution in [0.2, 0.25) is 0 Å². The zero-order valence-electron chi connectivity index (χ0n) is 14.8. The van der Waals surface area contributed by atoms with E-state index in [1.54, 1.807) is 18.2 Å². The average molecular weight is 396 g/mol. The van der Waals surface area contributed by atoms with E-state index in [2.05, 4.69) is 4.72 Å². The highest BCUT2D eigenvalue weighted by Gasteiger charge is 2.21. The smallest absolute Gasteiger partial charge is 0.243 e. The molecule has 0 saturated heterocycles. The summed E-state index contributed by atoms with van der Waals surface area (Å²) in [5.74, 6) is -1.85. The molecule has 9 heteroatoms. The van der Waals surface area contributed by atoms with E-state index in [1.807, 2.05) is 6.92 Å². The van der Waals surface area contributed by atoms with Gasteiger partial charge in [-0.05, 0) is 30.2 Å². The molecule has 1 N–H and O–H groups in total. The molecule has 27 heavy (non-hydrogen) atoms. The van der Waals surface area contributed by atoms with Gasteiger partial charge in [-0.15, -0.1) is 0 Å². The minimum atomic E-state index is -4.31. The van der Waals surface area contributed by atoms with Gasteiger partial charge in [-0.1, -0.05) is 25.1 Å². The van der Waals surface area contributed by atoms with Crippen molar-refractivity contribution < 1.29 is 32.2 Å². The van der Waals surface area contributed by atoms with Crippen LogP contribution in [0.1, 0.15) is 29.3 Å². The number of carboxylic acids is 1. The normalized spacial score (nSPS) is 11.2. The molecule has 0 atom stereocenters. The van der Waals surface area contributed by atoms with Gasteiger partial charge >= 0.3 is 0 Å². The Morgan fingerprint density at radius 3 is 2.63 bits per heavy atom. The molecule has 0 aliphatic rings. The lowest BCUT2D eigenvalue weighted by molar-refractivity contribution is -0.255. The molecule has 2 aromatic carbocycles. The van der Waals surface area contributed by atoms with Gasteiger partial charge in [-0.2, -0.15) is 0 Å². The van der Waals surface area contributed by atoms with Gasteiger partial charge in [0.15, 0.2) is 11.5 Å². The Morgan fingerprint density at radius 1 is 1.26 bits per heavy atom. The summed E-state index contributed by atoms with van der Waals surface area (Å²) in [5.41, 5.74) is 0.0490. The average Bonchev–Trinajstić information content (AvgIpc) is 2.64. The number of carboxylic acid groups (broad SMARTS) is 1. The lowest BCUT2D eigenvalue weighted by atomic mass is 10.2. The van der Waals surface area contributed by atoms with E-state index >= 15 is 0 Å².